The molecule has 18 heavy (non-hydrogen) atoms. The number of rotatable bonds is 3. The molecule has 0 aliphatic heterocycles. The van der Waals surface area contributed by atoms with E-state index in [0.29, 0.717) is 9.75 Å². The van der Waals surface area contributed by atoms with E-state index in [9.17, 15) is 13.6 Å². The fourth-order valence-corrected chi connectivity index (χ4v) is 2.70. The predicted molar refractivity (Wildman–Crippen MR) is 68.8 cm³/mol. The monoisotopic (exact) mass is 266 g/mol. The van der Waals surface area contributed by atoms with Gasteiger partial charge in [-0.05, 0) is 30.3 Å². The molecule has 0 fully saturated rings. The van der Waals surface area contributed by atoms with Crippen LogP contribution in [0.1, 0.15) is 23.5 Å². The van der Waals surface area contributed by atoms with Gasteiger partial charge in [0.25, 0.3) is 0 Å². The molecule has 0 saturated carbocycles. The first-order valence-electron chi connectivity index (χ1n) is 5.58. The second-order valence-corrected chi connectivity index (χ2v) is 5.39. The molecule has 0 radical (unpaired) electrons. The Labute approximate surface area is 108 Å². The summed E-state index contributed by atoms with van der Waals surface area (Å²) in [5, 5.41) is 0. The van der Waals surface area contributed by atoms with Crippen LogP contribution in [-0.2, 0) is 0 Å². The molecule has 0 aliphatic rings. The van der Waals surface area contributed by atoms with E-state index in [4.69, 9.17) is 0 Å². The summed E-state index contributed by atoms with van der Waals surface area (Å²) >= 11 is 1.19. The maximum absolute atomic E-state index is 13.6. The van der Waals surface area contributed by atoms with E-state index < -0.39 is 11.6 Å². The molecule has 0 amide bonds. The summed E-state index contributed by atoms with van der Waals surface area (Å²) in [6.45, 7) is 3.62. The van der Waals surface area contributed by atoms with Crippen LogP contribution in [0.5, 0.6) is 0 Å². The number of hydrogen-bond acceptors (Lipinski definition) is 2. The van der Waals surface area contributed by atoms with Gasteiger partial charge >= 0.3 is 0 Å². The third-order valence-corrected chi connectivity index (χ3v) is 3.70. The number of benzene rings is 1. The van der Waals surface area contributed by atoms with E-state index in [1.54, 1.807) is 12.1 Å². The van der Waals surface area contributed by atoms with Crippen molar-refractivity contribution in [3.63, 3.8) is 0 Å². The van der Waals surface area contributed by atoms with Crippen LogP contribution >= 0.6 is 11.3 Å². The first-order valence-corrected chi connectivity index (χ1v) is 6.40. The van der Waals surface area contributed by atoms with Crippen molar-refractivity contribution in [3.8, 4) is 10.4 Å². The van der Waals surface area contributed by atoms with Gasteiger partial charge in [-0.3, -0.25) is 4.79 Å². The average molecular weight is 266 g/mol. The van der Waals surface area contributed by atoms with Crippen LogP contribution < -0.4 is 0 Å². The van der Waals surface area contributed by atoms with E-state index in [1.807, 2.05) is 13.8 Å². The van der Waals surface area contributed by atoms with Gasteiger partial charge in [0.15, 0.2) is 5.78 Å². The Morgan fingerprint density at radius 2 is 1.89 bits per heavy atom. The lowest BCUT2D eigenvalue weighted by Crippen LogP contribution is -2.04. The van der Waals surface area contributed by atoms with Crippen LogP contribution in [0.2, 0.25) is 0 Å². The third-order valence-electron chi connectivity index (χ3n) is 2.57. The van der Waals surface area contributed by atoms with Crippen molar-refractivity contribution in [1.82, 2.24) is 0 Å². The lowest BCUT2D eigenvalue weighted by Gasteiger charge is -2.01. The Kier molecular flexibility index (Phi) is 3.57. The molecule has 1 aromatic carbocycles. The molecule has 0 saturated heterocycles. The molecule has 0 unspecified atom stereocenters. The molecule has 2 aromatic rings. The van der Waals surface area contributed by atoms with Gasteiger partial charge in [-0.1, -0.05) is 13.8 Å². The number of Topliss-reactive ketones (excluding diaryl/α,β-unsaturated/α-hetero) is 1. The zero-order valence-corrected chi connectivity index (χ0v) is 10.9. The van der Waals surface area contributed by atoms with E-state index in [-0.39, 0.29) is 17.3 Å². The van der Waals surface area contributed by atoms with E-state index >= 15 is 0 Å². The Morgan fingerprint density at radius 1 is 1.17 bits per heavy atom. The molecule has 4 heteroatoms. The molecule has 0 aliphatic carbocycles. The van der Waals surface area contributed by atoms with Crippen molar-refractivity contribution in [2.45, 2.75) is 13.8 Å². The maximum atomic E-state index is 13.6. The van der Waals surface area contributed by atoms with Crippen molar-refractivity contribution in [3.05, 3.63) is 46.8 Å². The van der Waals surface area contributed by atoms with Crippen LogP contribution in [0.3, 0.4) is 0 Å². The highest BCUT2D eigenvalue weighted by Gasteiger charge is 2.15. The average Bonchev–Trinajstić information content (AvgIpc) is 2.80. The lowest BCUT2D eigenvalue weighted by molar-refractivity contribution is 0.0943. The molecule has 0 atom stereocenters. The first-order chi connectivity index (χ1) is 8.49. The fourth-order valence-electron chi connectivity index (χ4n) is 1.59. The first kappa shape index (κ1) is 12.9. The Balaban J connectivity index is 2.41. The number of carbonyl (C=O) groups is 1. The van der Waals surface area contributed by atoms with Crippen molar-refractivity contribution >= 4 is 17.1 Å². The van der Waals surface area contributed by atoms with Gasteiger partial charge in [-0.25, -0.2) is 8.78 Å². The molecular formula is C14H12F2OS. The zero-order chi connectivity index (χ0) is 13.3. The molecule has 2 rings (SSSR count). The van der Waals surface area contributed by atoms with Crippen LogP contribution in [0.25, 0.3) is 10.4 Å². The highest BCUT2D eigenvalue weighted by Crippen LogP contribution is 2.31. The third kappa shape index (κ3) is 2.48. The number of ketones is 1. The molecule has 0 N–H and O–H groups in total. The molecular weight excluding hydrogens is 254 g/mol. The van der Waals surface area contributed by atoms with Gasteiger partial charge in [-0.15, -0.1) is 11.3 Å². The standard InChI is InChI=1S/C14H12F2OS/c1-8(2)14(17)13-6-5-12(18-13)10-7-9(15)3-4-11(10)16/h3-8H,1-2H3. The maximum Gasteiger partial charge on any atom is 0.175 e. The smallest absolute Gasteiger partial charge is 0.175 e. The highest BCUT2D eigenvalue weighted by molar-refractivity contribution is 7.17. The molecule has 1 nitrogen and oxygen atoms in total. The van der Waals surface area contributed by atoms with Gasteiger partial charge in [0.2, 0.25) is 0 Å². The minimum absolute atomic E-state index is 0.0167. The lowest BCUT2D eigenvalue weighted by atomic mass is 10.1. The summed E-state index contributed by atoms with van der Waals surface area (Å²) in [5.74, 6) is -1.06. The molecule has 0 spiro atoms. The Morgan fingerprint density at radius 3 is 2.56 bits per heavy atom. The summed E-state index contributed by atoms with van der Waals surface area (Å²) < 4.78 is 26.7. The van der Waals surface area contributed by atoms with E-state index in [1.165, 1.54) is 11.3 Å². The van der Waals surface area contributed by atoms with Crippen molar-refractivity contribution in [1.29, 1.82) is 0 Å². The normalized spacial score (nSPS) is 10.9. The summed E-state index contributed by atoms with van der Waals surface area (Å²) in [6.07, 6.45) is 0. The summed E-state index contributed by atoms with van der Waals surface area (Å²) in [4.78, 5) is 12.9. The minimum atomic E-state index is -0.489. The van der Waals surface area contributed by atoms with Gasteiger partial charge < -0.3 is 0 Å². The van der Waals surface area contributed by atoms with Gasteiger partial charge in [-0.2, -0.15) is 0 Å². The number of hydrogen-bond donors (Lipinski definition) is 0. The van der Waals surface area contributed by atoms with Gasteiger partial charge in [0.1, 0.15) is 11.6 Å². The van der Waals surface area contributed by atoms with Crippen LogP contribution in [0.15, 0.2) is 30.3 Å². The molecule has 94 valence electrons. The van der Waals surface area contributed by atoms with Crippen molar-refractivity contribution < 1.29 is 13.6 Å². The SMILES string of the molecule is CC(C)C(=O)c1ccc(-c2cc(F)ccc2F)s1. The zero-order valence-electron chi connectivity index (χ0n) is 10.0. The number of halogens is 2. The summed E-state index contributed by atoms with van der Waals surface area (Å²) in [7, 11) is 0. The largest absolute Gasteiger partial charge is 0.293 e. The summed E-state index contributed by atoms with van der Waals surface area (Å²) in [5.41, 5.74) is 0.197. The van der Waals surface area contributed by atoms with Crippen LogP contribution in [-0.4, -0.2) is 5.78 Å². The number of carbonyl (C=O) groups excluding carboxylic acids is 1. The van der Waals surface area contributed by atoms with Crippen LogP contribution in [0, 0.1) is 17.6 Å². The topological polar surface area (TPSA) is 17.1 Å². The highest BCUT2D eigenvalue weighted by atomic mass is 32.1. The molecule has 1 aromatic heterocycles. The summed E-state index contributed by atoms with van der Waals surface area (Å²) in [6, 6.07) is 6.62. The van der Waals surface area contributed by atoms with E-state index in [0.717, 1.165) is 18.2 Å². The number of thiophene rings is 1. The Bertz CT molecular complexity index is 587. The quantitative estimate of drug-likeness (QED) is 0.746. The van der Waals surface area contributed by atoms with Crippen molar-refractivity contribution in [2.24, 2.45) is 5.92 Å². The minimum Gasteiger partial charge on any atom is -0.293 e. The fraction of sp³-hybridized carbons (Fsp3) is 0.214. The van der Waals surface area contributed by atoms with Crippen molar-refractivity contribution in [2.75, 3.05) is 0 Å². The molecule has 1 heterocycles. The van der Waals surface area contributed by atoms with Gasteiger partial charge in [0.05, 0.1) is 4.88 Å². The van der Waals surface area contributed by atoms with E-state index in [2.05, 4.69) is 0 Å². The second kappa shape index (κ2) is 4.98. The second-order valence-electron chi connectivity index (χ2n) is 4.31. The van der Waals surface area contributed by atoms with Crippen LogP contribution in [0.4, 0.5) is 8.78 Å². The van der Waals surface area contributed by atoms with Gasteiger partial charge in [0, 0.05) is 16.4 Å². The molecule has 0 bridgehead atoms. The Hall–Kier alpha value is -1.55. The predicted octanol–water partition coefficient (Wildman–Crippen LogP) is 4.53.